The van der Waals surface area contributed by atoms with E-state index in [1.165, 1.54) is 15.0 Å². The monoisotopic (exact) mass is 440 g/mol. The van der Waals surface area contributed by atoms with Crippen molar-refractivity contribution < 1.29 is 13.8 Å². The van der Waals surface area contributed by atoms with Gasteiger partial charge < -0.3 is 9.80 Å². The first-order chi connectivity index (χ1) is 14.5. The summed E-state index contributed by atoms with van der Waals surface area (Å²) in [5, 5.41) is 1.24. The molecule has 1 unspecified atom stereocenters. The van der Waals surface area contributed by atoms with Gasteiger partial charge in [0.15, 0.2) is 0 Å². The van der Waals surface area contributed by atoms with E-state index in [1.807, 2.05) is 24.3 Å². The van der Waals surface area contributed by atoms with Crippen LogP contribution in [-0.2, 0) is 26.1 Å². The average molecular weight is 441 g/mol. The summed E-state index contributed by atoms with van der Waals surface area (Å²) in [6.07, 6.45) is 0. The van der Waals surface area contributed by atoms with Crippen LogP contribution in [0, 0.1) is 0 Å². The Balaban J connectivity index is 1.32. The Morgan fingerprint density at radius 3 is 2.30 bits per heavy atom. The lowest BCUT2D eigenvalue weighted by atomic mass is 10.1. The molecule has 1 aliphatic heterocycles. The van der Waals surface area contributed by atoms with E-state index in [0.29, 0.717) is 31.9 Å². The molecule has 2 aromatic carbocycles. The smallest absolute Gasteiger partial charge is 0.235 e. The van der Waals surface area contributed by atoms with Gasteiger partial charge in [0.25, 0.3) is 0 Å². The Labute approximate surface area is 182 Å². The molecule has 0 aliphatic carbocycles. The normalized spacial score (nSPS) is 15.4. The lowest BCUT2D eigenvalue weighted by Gasteiger charge is -2.34. The molecule has 5 nitrogen and oxygen atoms in total. The van der Waals surface area contributed by atoms with Gasteiger partial charge in [-0.05, 0) is 28.6 Å². The Morgan fingerprint density at radius 1 is 0.967 bits per heavy atom. The summed E-state index contributed by atoms with van der Waals surface area (Å²) in [6, 6.07) is 18.6. The van der Waals surface area contributed by atoms with Crippen LogP contribution in [0.4, 0.5) is 0 Å². The molecule has 4 rings (SSSR count). The second-order valence-electron chi connectivity index (χ2n) is 7.46. The van der Waals surface area contributed by atoms with Crippen LogP contribution >= 0.6 is 11.3 Å². The van der Waals surface area contributed by atoms with Crippen molar-refractivity contribution in [2.45, 2.75) is 12.7 Å². The molecular weight excluding hydrogens is 416 g/mol. The summed E-state index contributed by atoms with van der Waals surface area (Å²) in [5.74, 6) is 0.326. The number of carbonyl (C=O) groups is 2. The molecule has 1 aliphatic rings. The fourth-order valence-corrected chi connectivity index (χ4v) is 5.82. The number of thiophene rings is 1. The predicted molar refractivity (Wildman–Crippen MR) is 123 cm³/mol. The van der Waals surface area contributed by atoms with Crippen LogP contribution < -0.4 is 0 Å². The molecular formula is C23H24N2O3S2. The number of rotatable bonds is 5. The van der Waals surface area contributed by atoms with Gasteiger partial charge in [0.05, 0.1) is 0 Å². The van der Waals surface area contributed by atoms with Crippen LogP contribution in [-0.4, -0.2) is 57.8 Å². The van der Waals surface area contributed by atoms with Crippen molar-refractivity contribution in [1.29, 1.82) is 0 Å². The number of benzene rings is 2. The van der Waals surface area contributed by atoms with Crippen molar-refractivity contribution in [3.8, 4) is 10.4 Å². The van der Waals surface area contributed by atoms with Crippen LogP contribution in [0.3, 0.4) is 0 Å². The molecule has 0 radical (unpaired) electrons. The quantitative estimate of drug-likeness (QED) is 0.610. The molecule has 2 heterocycles. The Hall–Kier alpha value is -2.51. The van der Waals surface area contributed by atoms with Crippen molar-refractivity contribution in [2.75, 3.05) is 31.9 Å². The first-order valence-corrected chi connectivity index (χ1v) is 12.3. The van der Waals surface area contributed by atoms with Crippen molar-refractivity contribution in [1.82, 2.24) is 9.80 Å². The third-order valence-corrected chi connectivity index (χ3v) is 7.74. The van der Waals surface area contributed by atoms with Crippen molar-refractivity contribution in [3.05, 3.63) is 60.2 Å². The summed E-state index contributed by atoms with van der Waals surface area (Å²) in [4.78, 5) is 28.5. The standard InChI is InChI=1S/C23H24N2O3S2/c1-17(26)24-10-12-25(13-11-24)23(27)16-30(28)15-18-6-8-19(9-7-18)22-14-20-4-2-3-5-21(20)29-22/h2-9,14H,10-13,15-16H2,1H3. The zero-order valence-electron chi connectivity index (χ0n) is 16.9. The maximum atomic E-state index is 12.5. The number of hydrogen-bond donors (Lipinski definition) is 0. The highest BCUT2D eigenvalue weighted by Gasteiger charge is 2.23. The summed E-state index contributed by atoms with van der Waals surface area (Å²) in [5.41, 5.74) is 2.11. The first kappa shape index (κ1) is 20.8. The zero-order valence-corrected chi connectivity index (χ0v) is 18.5. The molecule has 1 fully saturated rings. The van der Waals surface area contributed by atoms with Gasteiger partial charge >= 0.3 is 0 Å². The number of nitrogens with zero attached hydrogens (tertiary/aromatic N) is 2. The van der Waals surface area contributed by atoms with E-state index in [0.717, 1.165) is 11.1 Å². The maximum Gasteiger partial charge on any atom is 0.235 e. The topological polar surface area (TPSA) is 57.7 Å². The summed E-state index contributed by atoms with van der Waals surface area (Å²) in [6.45, 7) is 3.66. The van der Waals surface area contributed by atoms with Crippen LogP contribution in [0.1, 0.15) is 12.5 Å². The van der Waals surface area contributed by atoms with E-state index in [9.17, 15) is 13.8 Å². The van der Waals surface area contributed by atoms with Gasteiger partial charge in [0.2, 0.25) is 11.8 Å². The predicted octanol–water partition coefficient (Wildman–Crippen LogP) is 3.51. The fourth-order valence-electron chi connectivity index (χ4n) is 3.63. The van der Waals surface area contributed by atoms with Crippen LogP contribution in [0.25, 0.3) is 20.5 Å². The number of carbonyl (C=O) groups excluding carboxylic acids is 2. The van der Waals surface area contributed by atoms with E-state index in [4.69, 9.17) is 0 Å². The van der Waals surface area contributed by atoms with Crippen molar-refractivity contribution in [3.63, 3.8) is 0 Å². The molecule has 0 N–H and O–H groups in total. The number of fused-ring (bicyclic) bond motifs is 1. The second kappa shape index (κ2) is 9.10. The number of amides is 2. The molecule has 1 aromatic heterocycles. The molecule has 0 saturated carbocycles. The maximum absolute atomic E-state index is 12.5. The minimum atomic E-state index is -1.25. The largest absolute Gasteiger partial charge is 0.339 e. The Kier molecular flexibility index (Phi) is 6.29. The molecule has 7 heteroatoms. The highest BCUT2D eigenvalue weighted by molar-refractivity contribution is 7.84. The minimum absolute atomic E-state index is 0.0259. The van der Waals surface area contributed by atoms with E-state index in [-0.39, 0.29) is 17.6 Å². The van der Waals surface area contributed by atoms with Crippen LogP contribution in [0.5, 0.6) is 0 Å². The minimum Gasteiger partial charge on any atom is -0.339 e. The number of piperazine rings is 1. The van der Waals surface area contributed by atoms with Gasteiger partial charge in [0, 0.05) is 59.2 Å². The molecule has 3 aromatic rings. The lowest BCUT2D eigenvalue weighted by molar-refractivity contribution is -0.136. The highest BCUT2D eigenvalue weighted by atomic mass is 32.2. The Bertz CT molecular complexity index is 1050. The summed E-state index contributed by atoms with van der Waals surface area (Å²) >= 11 is 1.76. The molecule has 2 amide bonds. The third-order valence-electron chi connectivity index (χ3n) is 5.35. The molecule has 0 bridgehead atoms. The SMILES string of the molecule is CC(=O)N1CCN(C(=O)CS(=O)Cc2ccc(-c3cc4ccccc4s3)cc2)CC1. The number of hydrogen-bond acceptors (Lipinski definition) is 4. The van der Waals surface area contributed by atoms with E-state index >= 15 is 0 Å². The first-order valence-electron chi connectivity index (χ1n) is 9.96. The van der Waals surface area contributed by atoms with E-state index in [2.05, 4.69) is 30.3 Å². The van der Waals surface area contributed by atoms with Gasteiger partial charge in [-0.25, -0.2) is 0 Å². The molecule has 1 atom stereocenters. The molecule has 1 saturated heterocycles. The van der Waals surface area contributed by atoms with Gasteiger partial charge in [-0.15, -0.1) is 11.3 Å². The van der Waals surface area contributed by atoms with Gasteiger partial charge in [0.1, 0.15) is 5.75 Å². The summed E-state index contributed by atoms with van der Waals surface area (Å²) < 4.78 is 13.8. The van der Waals surface area contributed by atoms with Crippen molar-refractivity contribution >= 4 is 44.0 Å². The molecule has 156 valence electrons. The van der Waals surface area contributed by atoms with Crippen LogP contribution in [0.2, 0.25) is 0 Å². The molecule has 30 heavy (non-hydrogen) atoms. The van der Waals surface area contributed by atoms with E-state index in [1.54, 1.807) is 28.1 Å². The fraction of sp³-hybridized carbons (Fsp3) is 0.304. The van der Waals surface area contributed by atoms with Crippen LogP contribution in [0.15, 0.2) is 54.6 Å². The zero-order chi connectivity index (χ0) is 21.1. The van der Waals surface area contributed by atoms with E-state index < -0.39 is 10.8 Å². The lowest BCUT2D eigenvalue weighted by Crippen LogP contribution is -2.51. The second-order valence-corrected chi connectivity index (χ2v) is 10.0. The van der Waals surface area contributed by atoms with Gasteiger partial charge in [-0.3, -0.25) is 13.8 Å². The average Bonchev–Trinajstić information content (AvgIpc) is 3.18. The van der Waals surface area contributed by atoms with Gasteiger partial charge in [-0.1, -0.05) is 42.5 Å². The Morgan fingerprint density at radius 2 is 1.63 bits per heavy atom. The van der Waals surface area contributed by atoms with Gasteiger partial charge in [-0.2, -0.15) is 0 Å². The summed E-state index contributed by atoms with van der Waals surface area (Å²) in [7, 11) is -1.25. The van der Waals surface area contributed by atoms with Crippen molar-refractivity contribution in [2.24, 2.45) is 0 Å². The highest BCUT2D eigenvalue weighted by Crippen LogP contribution is 2.33. The molecule has 0 spiro atoms. The third kappa shape index (κ3) is 4.79.